The molecule has 3 aromatic rings. The lowest BCUT2D eigenvalue weighted by Crippen LogP contribution is -2.39. The van der Waals surface area contributed by atoms with Gasteiger partial charge < -0.3 is 9.84 Å². The average molecular weight is 416 g/mol. The molecule has 0 saturated heterocycles. The van der Waals surface area contributed by atoms with Gasteiger partial charge in [-0.2, -0.15) is 17.0 Å². The van der Waals surface area contributed by atoms with Crippen molar-refractivity contribution in [1.29, 1.82) is 0 Å². The summed E-state index contributed by atoms with van der Waals surface area (Å²) in [7, 11) is 0.751. The molecule has 3 rings (SSSR count). The van der Waals surface area contributed by atoms with Gasteiger partial charge in [-0.3, -0.25) is 0 Å². The van der Waals surface area contributed by atoms with Crippen LogP contribution < -0.4 is 4.74 Å². The summed E-state index contributed by atoms with van der Waals surface area (Å²) in [6.07, 6.45) is -0.975. The molecular formula is C21H25N3O4S. The predicted molar refractivity (Wildman–Crippen MR) is 113 cm³/mol. The van der Waals surface area contributed by atoms with Crippen LogP contribution in [0.2, 0.25) is 0 Å². The summed E-state index contributed by atoms with van der Waals surface area (Å²) in [5.74, 6) is 0.578. The molecule has 1 aromatic heterocycles. The molecule has 8 heteroatoms. The fourth-order valence-electron chi connectivity index (χ4n) is 2.88. The zero-order chi connectivity index (χ0) is 21.0. The first-order valence-corrected chi connectivity index (χ1v) is 10.6. The third-order valence-corrected chi connectivity index (χ3v) is 6.43. The monoisotopic (exact) mass is 415 g/mol. The number of benzene rings is 2. The maximum Gasteiger partial charge on any atom is 0.281 e. The van der Waals surface area contributed by atoms with Crippen LogP contribution in [0.3, 0.4) is 0 Å². The summed E-state index contributed by atoms with van der Waals surface area (Å²) in [4.78, 5) is 4.58. The van der Waals surface area contributed by atoms with Crippen molar-refractivity contribution in [3.63, 3.8) is 0 Å². The number of rotatable bonds is 8. The number of ether oxygens (including phenoxy) is 1. The Bertz CT molecular complexity index is 1090. The number of pyridine rings is 1. The molecule has 0 aliphatic rings. The van der Waals surface area contributed by atoms with Gasteiger partial charge in [0.2, 0.25) is 0 Å². The smallest absolute Gasteiger partial charge is 0.281 e. The van der Waals surface area contributed by atoms with E-state index in [1.807, 2.05) is 36.4 Å². The fraction of sp³-hybridized carbons (Fsp3) is 0.286. The van der Waals surface area contributed by atoms with Crippen LogP contribution in [-0.2, 0) is 16.8 Å². The minimum absolute atomic E-state index is 0.0593. The van der Waals surface area contributed by atoms with Gasteiger partial charge in [-0.1, -0.05) is 36.4 Å². The highest BCUT2D eigenvalue weighted by Gasteiger charge is 2.23. The van der Waals surface area contributed by atoms with Crippen LogP contribution in [0.1, 0.15) is 17.4 Å². The van der Waals surface area contributed by atoms with Crippen molar-refractivity contribution in [3.8, 4) is 5.75 Å². The molecule has 0 fully saturated rings. The predicted octanol–water partition coefficient (Wildman–Crippen LogP) is 2.59. The third kappa shape index (κ3) is 5.10. The van der Waals surface area contributed by atoms with Crippen molar-refractivity contribution in [2.24, 2.45) is 0 Å². The van der Waals surface area contributed by atoms with Crippen LogP contribution in [0.25, 0.3) is 10.9 Å². The number of aliphatic hydroxyl groups excluding tert-OH is 1. The SMILES string of the molecule is CN(C)S(=O)(=O)N(C)C[C@H](O)c1cccc(OCc2ccc3ccccc3n2)c1. The Morgan fingerprint density at radius 3 is 2.55 bits per heavy atom. The first kappa shape index (κ1) is 21.2. The first-order valence-electron chi connectivity index (χ1n) is 9.16. The Labute approximate surface area is 171 Å². The van der Waals surface area contributed by atoms with Crippen LogP contribution in [0.5, 0.6) is 5.75 Å². The van der Waals surface area contributed by atoms with E-state index in [-0.39, 0.29) is 6.54 Å². The second-order valence-electron chi connectivity index (χ2n) is 6.94. The van der Waals surface area contributed by atoms with Crippen LogP contribution in [-0.4, -0.2) is 54.8 Å². The molecule has 0 unspecified atom stereocenters. The molecule has 0 saturated carbocycles. The third-order valence-electron chi connectivity index (χ3n) is 4.57. The molecule has 0 bridgehead atoms. The maximum atomic E-state index is 12.1. The summed E-state index contributed by atoms with van der Waals surface area (Å²) in [5.41, 5.74) is 2.28. The Balaban J connectivity index is 1.67. The molecule has 1 heterocycles. The van der Waals surface area contributed by atoms with E-state index in [1.165, 1.54) is 21.1 Å². The van der Waals surface area contributed by atoms with Gasteiger partial charge in [0.15, 0.2) is 0 Å². The summed E-state index contributed by atoms with van der Waals surface area (Å²) in [6, 6.07) is 18.8. The normalized spacial score (nSPS) is 13.2. The number of nitrogens with zero attached hydrogens (tertiary/aromatic N) is 3. The van der Waals surface area contributed by atoms with E-state index < -0.39 is 16.3 Å². The number of hydrogen-bond acceptors (Lipinski definition) is 5. The minimum Gasteiger partial charge on any atom is -0.487 e. The quantitative estimate of drug-likeness (QED) is 0.611. The van der Waals surface area contributed by atoms with E-state index in [1.54, 1.807) is 24.3 Å². The lowest BCUT2D eigenvalue weighted by molar-refractivity contribution is 0.152. The van der Waals surface area contributed by atoms with E-state index in [9.17, 15) is 13.5 Å². The largest absolute Gasteiger partial charge is 0.487 e. The number of aromatic nitrogens is 1. The molecule has 1 N–H and O–H groups in total. The van der Waals surface area contributed by atoms with Gasteiger partial charge in [-0.15, -0.1) is 0 Å². The van der Waals surface area contributed by atoms with Crippen molar-refractivity contribution in [2.75, 3.05) is 27.7 Å². The van der Waals surface area contributed by atoms with Gasteiger partial charge in [0.1, 0.15) is 12.4 Å². The molecule has 29 heavy (non-hydrogen) atoms. The topological polar surface area (TPSA) is 83.0 Å². The van der Waals surface area contributed by atoms with E-state index in [0.717, 1.165) is 25.2 Å². The van der Waals surface area contributed by atoms with E-state index in [4.69, 9.17) is 4.74 Å². The van der Waals surface area contributed by atoms with Crippen LogP contribution in [0.4, 0.5) is 0 Å². The van der Waals surface area contributed by atoms with Gasteiger partial charge in [0, 0.05) is 33.1 Å². The minimum atomic E-state index is -3.59. The summed E-state index contributed by atoms with van der Waals surface area (Å²) >= 11 is 0. The molecule has 0 amide bonds. The highest BCUT2D eigenvalue weighted by atomic mass is 32.2. The van der Waals surface area contributed by atoms with Crippen LogP contribution >= 0.6 is 0 Å². The molecule has 0 spiro atoms. The van der Waals surface area contributed by atoms with Gasteiger partial charge >= 0.3 is 0 Å². The van der Waals surface area contributed by atoms with Crippen molar-refractivity contribution >= 4 is 21.1 Å². The lowest BCUT2D eigenvalue weighted by Gasteiger charge is -2.24. The Hall–Kier alpha value is -2.52. The van der Waals surface area contributed by atoms with Gasteiger partial charge in [-0.05, 0) is 29.8 Å². The average Bonchev–Trinajstić information content (AvgIpc) is 2.72. The summed E-state index contributed by atoms with van der Waals surface area (Å²) in [6.45, 7) is 0.232. The number of hydrogen-bond donors (Lipinski definition) is 1. The van der Waals surface area contributed by atoms with Crippen LogP contribution in [0.15, 0.2) is 60.7 Å². The standard InChI is InChI=1S/C21H25N3O4S/c1-23(2)29(26,27)24(3)14-21(25)17-8-6-9-19(13-17)28-15-18-12-11-16-7-4-5-10-20(16)22-18/h4-13,21,25H,14-15H2,1-3H3/t21-/m0/s1. The van der Waals surface area contributed by atoms with E-state index in [2.05, 4.69) is 4.98 Å². The van der Waals surface area contributed by atoms with Crippen LogP contribution in [0, 0.1) is 0 Å². The molecule has 2 aromatic carbocycles. The molecule has 1 atom stereocenters. The second-order valence-corrected chi connectivity index (χ2v) is 9.19. The highest BCUT2D eigenvalue weighted by Crippen LogP contribution is 2.22. The van der Waals surface area contributed by atoms with E-state index >= 15 is 0 Å². The summed E-state index contributed by atoms with van der Waals surface area (Å²) < 4.78 is 32.3. The van der Waals surface area contributed by atoms with Gasteiger partial charge in [0.05, 0.1) is 17.3 Å². The molecule has 7 nitrogen and oxygen atoms in total. The number of likely N-dealkylation sites (N-methyl/N-ethyl adjacent to an activating group) is 1. The van der Waals surface area contributed by atoms with E-state index in [0.29, 0.717) is 17.9 Å². The van der Waals surface area contributed by atoms with Crippen molar-refractivity contribution in [1.82, 2.24) is 13.6 Å². The Kier molecular flexibility index (Phi) is 6.49. The molecular weight excluding hydrogens is 390 g/mol. The van der Waals surface area contributed by atoms with Gasteiger partial charge in [0.25, 0.3) is 10.2 Å². The lowest BCUT2D eigenvalue weighted by atomic mass is 10.1. The zero-order valence-electron chi connectivity index (χ0n) is 16.7. The fourth-order valence-corrected chi connectivity index (χ4v) is 3.77. The van der Waals surface area contributed by atoms with Crippen molar-refractivity contribution in [2.45, 2.75) is 12.7 Å². The number of para-hydroxylation sites is 1. The van der Waals surface area contributed by atoms with Gasteiger partial charge in [-0.25, -0.2) is 4.98 Å². The second kappa shape index (κ2) is 8.87. The first-order chi connectivity index (χ1) is 13.8. The van der Waals surface area contributed by atoms with Crippen molar-refractivity contribution in [3.05, 3.63) is 71.9 Å². The molecule has 0 radical (unpaired) electrons. The Morgan fingerprint density at radius 2 is 1.79 bits per heavy atom. The Morgan fingerprint density at radius 1 is 1.03 bits per heavy atom. The summed E-state index contributed by atoms with van der Waals surface area (Å²) in [5, 5.41) is 11.5. The number of fused-ring (bicyclic) bond motifs is 1. The molecule has 154 valence electrons. The number of aliphatic hydroxyl groups is 1. The molecule has 0 aliphatic carbocycles. The maximum absolute atomic E-state index is 12.1. The van der Waals surface area contributed by atoms with Crippen molar-refractivity contribution < 1.29 is 18.3 Å². The highest BCUT2D eigenvalue weighted by molar-refractivity contribution is 7.86. The zero-order valence-corrected chi connectivity index (χ0v) is 17.5. The molecule has 0 aliphatic heterocycles.